The Kier molecular flexibility index (Phi) is 6.20. The van der Waals surface area contributed by atoms with Crippen molar-refractivity contribution < 1.29 is 13.2 Å². The van der Waals surface area contributed by atoms with Crippen molar-refractivity contribution >= 4 is 21.6 Å². The number of hydrogen-bond acceptors (Lipinski definition) is 5. The van der Waals surface area contributed by atoms with E-state index >= 15 is 0 Å². The molecule has 0 saturated heterocycles. The van der Waals surface area contributed by atoms with Crippen molar-refractivity contribution in [3.8, 4) is 5.82 Å². The van der Waals surface area contributed by atoms with Crippen LogP contribution in [0.3, 0.4) is 0 Å². The Balaban J connectivity index is 1.69. The second kappa shape index (κ2) is 8.80. The van der Waals surface area contributed by atoms with Gasteiger partial charge in [-0.25, -0.2) is 22.8 Å². The second-order valence-electron chi connectivity index (χ2n) is 6.29. The van der Waals surface area contributed by atoms with Crippen LogP contribution in [0.15, 0.2) is 67.5 Å². The summed E-state index contributed by atoms with van der Waals surface area (Å²) in [5, 5.41) is 7.04. The molecule has 2 N–H and O–H groups in total. The third-order valence-electron chi connectivity index (χ3n) is 4.14. The first kappa shape index (κ1) is 20.4. The average Bonchev–Trinajstić information content (AvgIpc) is 3.10. The van der Waals surface area contributed by atoms with Gasteiger partial charge in [0, 0.05) is 18.4 Å². The first-order valence-corrected chi connectivity index (χ1v) is 10.5. The Morgan fingerprint density at radius 2 is 1.97 bits per heavy atom. The summed E-state index contributed by atoms with van der Waals surface area (Å²) in [5.41, 5.74) is 2.26. The van der Waals surface area contributed by atoms with Gasteiger partial charge in [-0.15, -0.1) is 6.58 Å². The van der Waals surface area contributed by atoms with E-state index < -0.39 is 10.0 Å². The van der Waals surface area contributed by atoms with Crippen LogP contribution in [0.1, 0.15) is 21.6 Å². The highest BCUT2D eigenvalue weighted by atomic mass is 32.2. The lowest BCUT2D eigenvalue weighted by molar-refractivity contribution is 0.102. The molecule has 3 rings (SSSR count). The fourth-order valence-electron chi connectivity index (χ4n) is 2.68. The lowest BCUT2D eigenvalue weighted by Crippen LogP contribution is -2.25. The lowest BCUT2D eigenvalue weighted by Gasteiger charge is -2.08. The third kappa shape index (κ3) is 5.15. The number of anilines is 1. The molecule has 0 saturated carbocycles. The van der Waals surface area contributed by atoms with Crippen molar-refractivity contribution in [3.05, 3.63) is 84.3 Å². The number of nitrogens with zero attached hydrogens (tertiary/aromatic N) is 3. The van der Waals surface area contributed by atoms with E-state index in [2.05, 4.69) is 26.7 Å². The summed E-state index contributed by atoms with van der Waals surface area (Å²) in [6.07, 6.45) is 4.63. The smallest absolute Gasteiger partial charge is 0.259 e. The summed E-state index contributed by atoms with van der Waals surface area (Å²) < 4.78 is 27.9. The molecule has 8 nitrogen and oxygen atoms in total. The number of amides is 1. The molecule has 1 aromatic carbocycles. The van der Waals surface area contributed by atoms with Gasteiger partial charge < -0.3 is 5.32 Å². The van der Waals surface area contributed by atoms with E-state index in [1.165, 1.54) is 12.3 Å². The Morgan fingerprint density at radius 1 is 1.21 bits per heavy atom. The largest absolute Gasteiger partial charge is 0.322 e. The molecule has 150 valence electrons. The zero-order valence-corrected chi connectivity index (χ0v) is 16.7. The van der Waals surface area contributed by atoms with Crippen LogP contribution in [0.4, 0.5) is 5.69 Å². The van der Waals surface area contributed by atoms with Gasteiger partial charge in [-0.05, 0) is 36.8 Å². The van der Waals surface area contributed by atoms with Gasteiger partial charge in [0.2, 0.25) is 10.0 Å². The number of carbonyl (C=O) groups is 1. The van der Waals surface area contributed by atoms with E-state index in [-0.39, 0.29) is 18.2 Å². The maximum Gasteiger partial charge on any atom is 0.259 e. The van der Waals surface area contributed by atoms with Gasteiger partial charge in [-0.2, -0.15) is 5.10 Å². The van der Waals surface area contributed by atoms with E-state index in [1.807, 2.05) is 6.07 Å². The van der Waals surface area contributed by atoms with Gasteiger partial charge >= 0.3 is 0 Å². The first-order chi connectivity index (χ1) is 13.9. The van der Waals surface area contributed by atoms with Crippen LogP contribution in [0.5, 0.6) is 0 Å². The minimum atomic E-state index is -3.43. The van der Waals surface area contributed by atoms with Crippen molar-refractivity contribution in [1.29, 1.82) is 0 Å². The van der Waals surface area contributed by atoms with Crippen molar-refractivity contribution in [3.63, 3.8) is 0 Å². The second-order valence-corrected chi connectivity index (χ2v) is 8.10. The molecule has 0 spiro atoms. The molecular weight excluding hydrogens is 390 g/mol. The van der Waals surface area contributed by atoms with E-state index in [4.69, 9.17) is 0 Å². The summed E-state index contributed by atoms with van der Waals surface area (Å²) in [5.74, 6) is 0.169. The highest BCUT2D eigenvalue weighted by molar-refractivity contribution is 7.88. The molecule has 0 aliphatic carbocycles. The summed E-state index contributed by atoms with van der Waals surface area (Å²) >= 11 is 0. The molecule has 2 heterocycles. The Morgan fingerprint density at radius 3 is 2.62 bits per heavy atom. The summed E-state index contributed by atoms with van der Waals surface area (Å²) in [6.45, 7) is 5.46. The Labute approximate surface area is 169 Å². The zero-order chi connectivity index (χ0) is 20.9. The average molecular weight is 411 g/mol. The Hall–Kier alpha value is -3.30. The molecule has 0 atom stereocenters. The molecule has 0 aliphatic heterocycles. The van der Waals surface area contributed by atoms with Crippen molar-refractivity contribution in [2.75, 3.05) is 11.9 Å². The highest BCUT2D eigenvalue weighted by Crippen LogP contribution is 2.16. The predicted octanol–water partition coefficient (Wildman–Crippen LogP) is 2.43. The molecule has 0 aliphatic rings. The number of rotatable bonds is 8. The predicted molar refractivity (Wildman–Crippen MR) is 111 cm³/mol. The van der Waals surface area contributed by atoms with Crippen LogP contribution >= 0.6 is 0 Å². The summed E-state index contributed by atoms with van der Waals surface area (Å²) in [4.78, 5) is 16.8. The molecule has 9 heteroatoms. The Bertz CT molecular complexity index is 1110. The van der Waals surface area contributed by atoms with Crippen LogP contribution < -0.4 is 10.0 Å². The third-order valence-corrected chi connectivity index (χ3v) is 5.46. The molecular formula is C20H21N5O3S. The van der Waals surface area contributed by atoms with Gasteiger partial charge in [-0.3, -0.25) is 4.79 Å². The summed E-state index contributed by atoms with van der Waals surface area (Å²) in [7, 11) is -3.43. The summed E-state index contributed by atoms with van der Waals surface area (Å²) in [6, 6.07) is 12.1. The van der Waals surface area contributed by atoms with Gasteiger partial charge in [-0.1, -0.05) is 24.3 Å². The molecule has 29 heavy (non-hydrogen) atoms. The fourth-order valence-corrected chi connectivity index (χ4v) is 3.79. The maximum atomic E-state index is 12.6. The molecule has 3 aromatic rings. The number of benzene rings is 1. The van der Waals surface area contributed by atoms with Crippen molar-refractivity contribution in [1.82, 2.24) is 19.5 Å². The quantitative estimate of drug-likeness (QED) is 0.554. The van der Waals surface area contributed by atoms with E-state index in [1.54, 1.807) is 54.2 Å². The van der Waals surface area contributed by atoms with E-state index in [0.717, 1.165) is 0 Å². The number of pyridine rings is 1. The van der Waals surface area contributed by atoms with Gasteiger partial charge in [0.1, 0.15) is 0 Å². The lowest BCUT2D eigenvalue weighted by atomic mass is 10.2. The number of hydrogen-bond donors (Lipinski definition) is 2. The first-order valence-electron chi connectivity index (χ1n) is 8.84. The van der Waals surface area contributed by atoms with E-state index in [9.17, 15) is 13.2 Å². The minimum absolute atomic E-state index is 0.148. The number of aromatic nitrogens is 3. The van der Waals surface area contributed by atoms with Crippen molar-refractivity contribution in [2.45, 2.75) is 12.7 Å². The van der Waals surface area contributed by atoms with Crippen LogP contribution in [0.2, 0.25) is 0 Å². The van der Waals surface area contributed by atoms with Crippen LogP contribution in [-0.2, 0) is 15.8 Å². The standard InChI is InChI=1S/C20H21N5O3S/c1-3-11-23-29(27,28)14-16-7-9-17(10-8-16)24-20(26)18-13-22-25(15(18)2)19-6-4-5-12-21-19/h3-10,12-13,23H,1,11,14H2,2H3,(H,24,26). The fraction of sp³-hybridized carbons (Fsp3) is 0.150. The molecule has 1 amide bonds. The van der Waals surface area contributed by atoms with Crippen molar-refractivity contribution in [2.24, 2.45) is 0 Å². The number of nitrogens with one attached hydrogen (secondary N) is 2. The topological polar surface area (TPSA) is 106 Å². The molecule has 0 unspecified atom stereocenters. The number of carbonyl (C=O) groups excluding carboxylic acids is 1. The molecule has 0 bridgehead atoms. The SMILES string of the molecule is C=CCNS(=O)(=O)Cc1ccc(NC(=O)c2cnn(-c3ccccn3)c2C)cc1. The van der Waals surface area contributed by atoms with Crippen LogP contribution in [-0.4, -0.2) is 35.6 Å². The molecule has 0 radical (unpaired) electrons. The van der Waals surface area contributed by atoms with Gasteiger partial charge in [0.15, 0.2) is 5.82 Å². The molecule has 2 aromatic heterocycles. The number of sulfonamides is 1. The highest BCUT2D eigenvalue weighted by Gasteiger charge is 2.16. The maximum absolute atomic E-state index is 12.6. The molecule has 0 fully saturated rings. The monoisotopic (exact) mass is 411 g/mol. The van der Waals surface area contributed by atoms with Crippen LogP contribution in [0, 0.1) is 6.92 Å². The normalized spacial score (nSPS) is 11.2. The van der Waals surface area contributed by atoms with Crippen LogP contribution in [0.25, 0.3) is 5.82 Å². The zero-order valence-electron chi connectivity index (χ0n) is 15.9. The minimum Gasteiger partial charge on any atom is -0.322 e. The van der Waals surface area contributed by atoms with E-state index in [0.29, 0.717) is 28.3 Å². The van der Waals surface area contributed by atoms with Gasteiger partial charge in [0.05, 0.1) is 23.2 Å². The van der Waals surface area contributed by atoms with Gasteiger partial charge in [0.25, 0.3) is 5.91 Å².